The molecule has 0 saturated carbocycles. The van der Waals surface area contributed by atoms with Crippen LogP contribution in [0.2, 0.25) is 10.0 Å². The molecule has 1 amide bonds. The van der Waals surface area contributed by atoms with Crippen LogP contribution in [-0.4, -0.2) is 44.1 Å². The number of carbonyl (C=O) groups excluding carboxylic acids is 2. The van der Waals surface area contributed by atoms with Crippen LogP contribution >= 0.6 is 23.2 Å². The smallest absolute Gasteiger partial charge is 0.344 e. The topological polar surface area (TPSA) is 79.6 Å². The van der Waals surface area contributed by atoms with Crippen molar-refractivity contribution in [3.63, 3.8) is 0 Å². The number of carbonyl (C=O) groups is 2. The standard InChI is InChI=1S/C16H16Cl2N2O4/c1-4-23-14(21)9-24-15-12(17)6-10(7-13(15)18)5-11(8-19)16(22)20(2)3/h5-7H,4,9H2,1-3H3/b11-5-. The summed E-state index contributed by atoms with van der Waals surface area (Å²) >= 11 is 12.2. The van der Waals surface area contributed by atoms with E-state index in [-0.39, 0.29) is 34.6 Å². The number of hydrogen-bond donors (Lipinski definition) is 0. The third-order valence-electron chi connectivity index (χ3n) is 2.73. The molecular weight excluding hydrogens is 355 g/mol. The molecule has 0 aliphatic rings. The molecule has 1 aromatic carbocycles. The minimum atomic E-state index is -0.544. The molecule has 0 bridgehead atoms. The van der Waals surface area contributed by atoms with Crippen LogP contribution < -0.4 is 4.74 Å². The minimum absolute atomic E-state index is 0.0627. The van der Waals surface area contributed by atoms with Crippen molar-refractivity contribution in [2.24, 2.45) is 0 Å². The fourth-order valence-corrected chi connectivity index (χ4v) is 2.30. The van der Waals surface area contributed by atoms with E-state index in [0.717, 1.165) is 0 Å². The first-order chi connectivity index (χ1) is 11.3. The number of nitriles is 1. The van der Waals surface area contributed by atoms with Crippen molar-refractivity contribution in [1.82, 2.24) is 4.90 Å². The molecule has 0 unspecified atom stereocenters. The van der Waals surface area contributed by atoms with Gasteiger partial charge in [0.15, 0.2) is 12.4 Å². The number of amides is 1. The maximum atomic E-state index is 11.8. The lowest BCUT2D eigenvalue weighted by atomic mass is 10.1. The van der Waals surface area contributed by atoms with Gasteiger partial charge in [-0.25, -0.2) is 4.79 Å². The summed E-state index contributed by atoms with van der Waals surface area (Å²) in [6.45, 7) is 1.59. The van der Waals surface area contributed by atoms with Gasteiger partial charge in [0.1, 0.15) is 11.6 Å². The first kappa shape index (κ1) is 19.8. The van der Waals surface area contributed by atoms with Crippen LogP contribution in [0.15, 0.2) is 17.7 Å². The lowest BCUT2D eigenvalue weighted by Crippen LogP contribution is -2.22. The lowest BCUT2D eigenvalue weighted by Gasteiger charge is -2.11. The molecule has 24 heavy (non-hydrogen) atoms. The molecule has 0 aliphatic carbocycles. The number of nitrogens with zero attached hydrogens (tertiary/aromatic N) is 2. The van der Waals surface area contributed by atoms with Gasteiger partial charge in [0, 0.05) is 14.1 Å². The van der Waals surface area contributed by atoms with E-state index < -0.39 is 11.9 Å². The number of halogens is 2. The van der Waals surface area contributed by atoms with Gasteiger partial charge in [-0.05, 0) is 30.7 Å². The summed E-state index contributed by atoms with van der Waals surface area (Å²) in [7, 11) is 3.08. The van der Waals surface area contributed by atoms with Crippen molar-refractivity contribution >= 4 is 41.2 Å². The highest BCUT2D eigenvalue weighted by Crippen LogP contribution is 2.35. The number of esters is 1. The van der Waals surface area contributed by atoms with E-state index in [0.29, 0.717) is 5.56 Å². The molecule has 0 aromatic heterocycles. The third-order valence-corrected chi connectivity index (χ3v) is 3.29. The van der Waals surface area contributed by atoms with Gasteiger partial charge in [-0.2, -0.15) is 5.26 Å². The van der Waals surface area contributed by atoms with Crippen LogP contribution in [0.3, 0.4) is 0 Å². The second-order valence-electron chi connectivity index (χ2n) is 4.78. The summed E-state index contributed by atoms with van der Waals surface area (Å²) in [5, 5.41) is 9.38. The van der Waals surface area contributed by atoms with Gasteiger partial charge in [0.2, 0.25) is 0 Å². The van der Waals surface area contributed by atoms with Gasteiger partial charge in [0.25, 0.3) is 5.91 Å². The van der Waals surface area contributed by atoms with Crippen LogP contribution in [0.5, 0.6) is 5.75 Å². The molecule has 0 atom stereocenters. The molecule has 0 saturated heterocycles. The Morgan fingerprint density at radius 1 is 1.29 bits per heavy atom. The Morgan fingerprint density at radius 3 is 2.33 bits per heavy atom. The third kappa shape index (κ3) is 5.44. The molecule has 128 valence electrons. The fraction of sp³-hybridized carbons (Fsp3) is 0.312. The highest BCUT2D eigenvalue weighted by molar-refractivity contribution is 6.37. The van der Waals surface area contributed by atoms with Gasteiger partial charge in [-0.3, -0.25) is 4.79 Å². The molecule has 0 fully saturated rings. The first-order valence-corrected chi connectivity index (χ1v) is 7.66. The number of ether oxygens (including phenoxy) is 2. The summed E-state index contributed by atoms with van der Waals surface area (Å²) in [5.41, 5.74) is 0.396. The van der Waals surface area contributed by atoms with E-state index in [4.69, 9.17) is 37.9 Å². The van der Waals surface area contributed by atoms with Crippen molar-refractivity contribution < 1.29 is 19.1 Å². The summed E-state index contributed by atoms with van der Waals surface area (Å²) in [5.74, 6) is -0.856. The SMILES string of the molecule is CCOC(=O)COc1c(Cl)cc(/C=C(/C#N)C(=O)N(C)C)cc1Cl. The zero-order valence-electron chi connectivity index (χ0n) is 13.4. The second kappa shape index (κ2) is 9.16. The first-order valence-electron chi connectivity index (χ1n) is 6.91. The van der Waals surface area contributed by atoms with E-state index in [1.807, 2.05) is 6.07 Å². The molecule has 0 N–H and O–H groups in total. The summed E-state index contributed by atoms with van der Waals surface area (Å²) in [4.78, 5) is 24.4. The summed E-state index contributed by atoms with van der Waals surface area (Å²) in [6.07, 6.45) is 1.37. The molecule has 1 aromatic rings. The van der Waals surface area contributed by atoms with Crippen molar-refractivity contribution in [3.05, 3.63) is 33.3 Å². The van der Waals surface area contributed by atoms with Gasteiger partial charge >= 0.3 is 5.97 Å². The number of rotatable bonds is 6. The predicted octanol–water partition coefficient (Wildman–Crippen LogP) is 2.93. The van der Waals surface area contributed by atoms with Gasteiger partial charge < -0.3 is 14.4 Å². The lowest BCUT2D eigenvalue weighted by molar-refractivity contribution is -0.145. The normalized spacial score (nSPS) is 10.8. The van der Waals surface area contributed by atoms with E-state index in [2.05, 4.69) is 0 Å². The Morgan fingerprint density at radius 2 is 1.88 bits per heavy atom. The van der Waals surface area contributed by atoms with Crippen molar-refractivity contribution in [3.8, 4) is 11.8 Å². The average Bonchev–Trinajstić information content (AvgIpc) is 2.51. The van der Waals surface area contributed by atoms with E-state index >= 15 is 0 Å². The number of likely N-dealkylation sites (N-methyl/N-ethyl adjacent to an activating group) is 1. The largest absolute Gasteiger partial charge is 0.479 e. The Bertz CT molecular complexity index is 686. The van der Waals surface area contributed by atoms with Crippen LogP contribution in [-0.2, 0) is 14.3 Å². The fourth-order valence-electron chi connectivity index (χ4n) is 1.68. The molecule has 6 nitrogen and oxygen atoms in total. The number of benzene rings is 1. The van der Waals surface area contributed by atoms with Gasteiger partial charge in [-0.1, -0.05) is 23.2 Å². The molecule has 0 radical (unpaired) electrons. The molecule has 0 spiro atoms. The van der Waals surface area contributed by atoms with Gasteiger partial charge in [0.05, 0.1) is 16.7 Å². The maximum absolute atomic E-state index is 11.8. The average molecular weight is 371 g/mol. The summed E-state index contributed by atoms with van der Waals surface area (Å²) < 4.78 is 10.00. The predicted molar refractivity (Wildman–Crippen MR) is 90.9 cm³/mol. The molecule has 8 heteroatoms. The zero-order chi connectivity index (χ0) is 18.3. The van der Waals surface area contributed by atoms with E-state index in [9.17, 15) is 9.59 Å². The molecule has 1 rings (SSSR count). The minimum Gasteiger partial charge on any atom is -0.479 e. The van der Waals surface area contributed by atoms with Crippen LogP contribution in [0.4, 0.5) is 0 Å². The maximum Gasteiger partial charge on any atom is 0.344 e. The quantitative estimate of drug-likeness (QED) is 0.436. The Hall–Kier alpha value is -2.23. The van der Waals surface area contributed by atoms with Crippen molar-refractivity contribution in [2.75, 3.05) is 27.3 Å². The second-order valence-corrected chi connectivity index (χ2v) is 5.59. The highest BCUT2D eigenvalue weighted by Gasteiger charge is 2.14. The monoisotopic (exact) mass is 370 g/mol. The van der Waals surface area contributed by atoms with Crippen molar-refractivity contribution in [2.45, 2.75) is 6.92 Å². The summed E-state index contributed by atoms with van der Waals surface area (Å²) in [6, 6.07) is 4.79. The van der Waals surface area contributed by atoms with E-state index in [1.165, 1.54) is 23.1 Å². The highest BCUT2D eigenvalue weighted by atomic mass is 35.5. The number of hydrogen-bond acceptors (Lipinski definition) is 5. The molecule has 0 heterocycles. The van der Waals surface area contributed by atoms with Crippen LogP contribution in [0.25, 0.3) is 6.08 Å². The zero-order valence-corrected chi connectivity index (χ0v) is 14.9. The van der Waals surface area contributed by atoms with Crippen molar-refractivity contribution in [1.29, 1.82) is 5.26 Å². The molecule has 0 aliphatic heterocycles. The van der Waals surface area contributed by atoms with Gasteiger partial charge in [-0.15, -0.1) is 0 Å². The van der Waals surface area contributed by atoms with E-state index in [1.54, 1.807) is 21.0 Å². The van der Waals surface area contributed by atoms with Crippen LogP contribution in [0.1, 0.15) is 12.5 Å². The Balaban J connectivity index is 3.05. The Kier molecular flexibility index (Phi) is 7.56. The molecular formula is C16H16Cl2N2O4. The Labute approximate surface area is 150 Å². The van der Waals surface area contributed by atoms with Crippen LogP contribution in [0, 0.1) is 11.3 Å².